The van der Waals surface area contributed by atoms with E-state index in [-0.39, 0.29) is 5.91 Å². The van der Waals surface area contributed by atoms with Gasteiger partial charge in [-0.05, 0) is 49.1 Å². The molecule has 1 aliphatic rings. The van der Waals surface area contributed by atoms with Crippen LogP contribution in [0.5, 0.6) is 5.75 Å². The Balaban J connectivity index is 1.27. The number of ether oxygens (including phenoxy) is 1. The van der Waals surface area contributed by atoms with Crippen LogP contribution in [-0.2, 0) is 20.2 Å². The number of nitrogens with zero attached hydrogens (tertiary/aromatic N) is 3. The SMILES string of the molecule is Cc1nn(C)c2nc(C3CC3)cc(C(=O)NCc3ccc(COc4ccccc4)cc3)c12. The van der Waals surface area contributed by atoms with Crippen molar-refractivity contribution in [3.05, 3.63) is 88.7 Å². The molecule has 2 aromatic carbocycles. The summed E-state index contributed by atoms with van der Waals surface area (Å²) in [6.07, 6.45) is 2.27. The van der Waals surface area contributed by atoms with Gasteiger partial charge in [0.05, 0.1) is 16.6 Å². The van der Waals surface area contributed by atoms with Crippen molar-refractivity contribution >= 4 is 16.9 Å². The molecule has 6 heteroatoms. The number of fused-ring (bicyclic) bond motifs is 1. The molecule has 1 saturated carbocycles. The molecule has 2 heterocycles. The first-order valence-corrected chi connectivity index (χ1v) is 11.0. The number of amides is 1. The van der Waals surface area contributed by atoms with Crippen molar-refractivity contribution in [1.82, 2.24) is 20.1 Å². The lowest BCUT2D eigenvalue weighted by Crippen LogP contribution is -2.23. The molecule has 0 atom stereocenters. The summed E-state index contributed by atoms with van der Waals surface area (Å²) < 4.78 is 7.56. The molecule has 0 saturated heterocycles. The molecule has 1 fully saturated rings. The van der Waals surface area contributed by atoms with Crippen LogP contribution in [0.25, 0.3) is 11.0 Å². The van der Waals surface area contributed by atoms with Crippen molar-refractivity contribution < 1.29 is 9.53 Å². The van der Waals surface area contributed by atoms with Gasteiger partial charge in [0.2, 0.25) is 0 Å². The topological polar surface area (TPSA) is 69.0 Å². The molecule has 6 nitrogen and oxygen atoms in total. The van der Waals surface area contributed by atoms with Crippen LogP contribution in [0, 0.1) is 6.92 Å². The van der Waals surface area contributed by atoms with Crippen LogP contribution in [0.4, 0.5) is 0 Å². The van der Waals surface area contributed by atoms with E-state index in [2.05, 4.69) is 10.4 Å². The second-order valence-corrected chi connectivity index (χ2v) is 8.38. The Kier molecular flexibility index (Phi) is 5.35. The highest BCUT2D eigenvalue weighted by molar-refractivity contribution is 6.06. The lowest BCUT2D eigenvalue weighted by atomic mass is 10.1. The Morgan fingerprint density at radius 2 is 1.81 bits per heavy atom. The van der Waals surface area contributed by atoms with Crippen LogP contribution in [0.3, 0.4) is 0 Å². The van der Waals surface area contributed by atoms with Gasteiger partial charge >= 0.3 is 0 Å². The van der Waals surface area contributed by atoms with Crippen molar-refractivity contribution in [2.75, 3.05) is 0 Å². The minimum Gasteiger partial charge on any atom is -0.489 e. The molecule has 1 aliphatic carbocycles. The first-order chi connectivity index (χ1) is 15.6. The summed E-state index contributed by atoms with van der Waals surface area (Å²) in [5.74, 6) is 1.22. The number of nitrogens with one attached hydrogen (secondary N) is 1. The molecule has 0 radical (unpaired) electrons. The van der Waals surface area contributed by atoms with E-state index in [4.69, 9.17) is 9.72 Å². The highest BCUT2D eigenvalue weighted by Gasteiger charge is 2.28. The lowest BCUT2D eigenvalue weighted by molar-refractivity contribution is 0.0952. The van der Waals surface area contributed by atoms with Crippen molar-refractivity contribution in [3.63, 3.8) is 0 Å². The lowest BCUT2D eigenvalue weighted by Gasteiger charge is -2.10. The van der Waals surface area contributed by atoms with Crippen molar-refractivity contribution in [2.24, 2.45) is 7.05 Å². The summed E-state index contributed by atoms with van der Waals surface area (Å²) >= 11 is 0. The second-order valence-electron chi connectivity index (χ2n) is 8.38. The zero-order valence-corrected chi connectivity index (χ0v) is 18.3. The van der Waals surface area contributed by atoms with Gasteiger partial charge in [-0.1, -0.05) is 42.5 Å². The maximum Gasteiger partial charge on any atom is 0.252 e. The Bertz CT molecular complexity index is 1260. The highest BCUT2D eigenvalue weighted by Crippen LogP contribution is 2.40. The van der Waals surface area contributed by atoms with E-state index in [0.717, 1.165) is 52.1 Å². The summed E-state index contributed by atoms with van der Waals surface area (Å²) in [7, 11) is 1.88. The molecule has 5 rings (SSSR count). The molecule has 4 aromatic rings. The van der Waals surface area contributed by atoms with Gasteiger partial charge in [-0.2, -0.15) is 5.10 Å². The number of hydrogen-bond acceptors (Lipinski definition) is 4. The van der Waals surface area contributed by atoms with Crippen LogP contribution in [0.1, 0.15) is 51.6 Å². The van der Waals surface area contributed by atoms with E-state index in [1.807, 2.05) is 74.6 Å². The van der Waals surface area contributed by atoms with Crippen LogP contribution in [0.15, 0.2) is 60.7 Å². The number of carbonyl (C=O) groups excluding carboxylic acids is 1. The third-order valence-corrected chi connectivity index (χ3v) is 5.85. The zero-order chi connectivity index (χ0) is 22.1. The smallest absolute Gasteiger partial charge is 0.252 e. The monoisotopic (exact) mass is 426 g/mol. The van der Waals surface area contributed by atoms with Gasteiger partial charge in [-0.3, -0.25) is 9.48 Å². The van der Waals surface area contributed by atoms with Gasteiger partial charge in [0.1, 0.15) is 12.4 Å². The van der Waals surface area contributed by atoms with E-state index in [1.54, 1.807) is 4.68 Å². The number of hydrogen-bond donors (Lipinski definition) is 1. The van der Waals surface area contributed by atoms with Crippen LogP contribution < -0.4 is 10.1 Å². The first kappa shape index (κ1) is 20.2. The predicted octanol–water partition coefficient (Wildman–Crippen LogP) is 4.66. The van der Waals surface area contributed by atoms with E-state index in [0.29, 0.717) is 24.6 Å². The third-order valence-electron chi connectivity index (χ3n) is 5.85. The average Bonchev–Trinajstić information content (AvgIpc) is 3.63. The summed E-state index contributed by atoms with van der Waals surface area (Å²) in [6, 6.07) is 19.8. The first-order valence-electron chi connectivity index (χ1n) is 11.0. The Hall–Kier alpha value is -3.67. The van der Waals surface area contributed by atoms with Gasteiger partial charge < -0.3 is 10.1 Å². The average molecular weight is 427 g/mol. The minimum absolute atomic E-state index is 0.0908. The van der Waals surface area contributed by atoms with Gasteiger partial charge in [-0.25, -0.2) is 4.98 Å². The standard InChI is InChI=1S/C26H26N4O2/c1-17-24-22(14-23(20-12-13-20)28-25(24)30(2)29-17)26(31)27-15-18-8-10-19(11-9-18)16-32-21-6-4-3-5-7-21/h3-11,14,20H,12-13,15-16H2,1-2H3,(H,27,31). The number of para-hydroxylation sites is 1. The zero-order valence-electron chi connectivity index (χ0n) is 18.3. The molecular formula is C26H26N4O2. The Morgan fingerprint density at radius 1 is 1.09 bits per heavy atom. The molecule has 162 valence electrons. The van der Waals surface area contributed by atoms with Crippen LogP contribution >= 0.6 is 0 Å². The van der Waals surface area contributed by atoms with Crippen LogP contribution in [0.2, 0.25) is 0 Å². The van der Waals surface area contributed by atoms with Gasteiger partial charge in [0, 0.05) is 25.2 Å². The van der Waals surface area contributed by atoms with E-state index < -0.39 is 0 Å². The van der Waals surface area contributed by atoms with Crippen molar-refractivity contribution in [2.45, 2.75) is 38.8 Å². The molecule has 1 amide bonds. The Morgan fingerprint density at radius 3 is 2.53 bits per heavy atom. The molecule has 1 N–H and O–H groups in total. The molecular weight excluding hydrogens is 400 g/mol. The molecule has 0 spiro atoms. The number of aryl methyl sites for hydroxylation is 2. The quantitative estimate of drug-likeness (QED) is 0.467. The fourth-order valence-corrected chi connectivity index (χ4v) is 3.95. The number of aromatic nitrogens is 3. The maximum absolute atomic E-state index is 13.1. The van der Waals surface area contributed by atoms with Gasteiger partial charge in [-0.15, -0.1) is 0 Å². The molecule has 32 heavy (non-hydrogen) atoms. The van der Waals surface area contributed by atoms with Gasteiger partial charge in [0.15, 0.2) is 5.65 Å². The fraction of sp³-hybridized carbons (Fsp3) is 0.269. The van der Waals surface area contributed by atoms with Crippen molar-refractivity contribution in [3.8, 4) is 5.75 Å². The fourth-order valence-electron chi connectivity index (χ4n) is 3.95. The summed E-state index contributed by atoms with van der Waals surface area (Å²) in [5, 5.41) is 8.39. The predicted molar refractivity (Wildman–Crippen MR) is 124 cm³/mol. The Labute approximate surface area is 187 Å². The maximum atomic E-state index is 13.1. The van der Waals surface area contributed by atoms with E-state index in [1.165, 1.54) is 0 Å². The number of carbonyl (C=O) groups is 1. The number of rotatable bonds is 7. The van der Waals surface area contributed by atoms with Gasteiger partial charge in [0.25, 0.3) is 5.91 Å². The summed E-state index contributed by atoms with van der Waals surface area (Å²) in [6.45, 7) is 2.89. The summed E-state index contributed by atoms with van der Waals surface area (Å²) in [4.78, 5) is 17.9. The third kappa shape index (κ3) is 4.21. The van der Waals surface area contributed by atoms with Crippen LogP contribution in [-0.4, -0.2) is 20.7 Å². The highest BCUT2D eigenvalue weighted by atomic mass is 16.5. The number of benzene rings is 2. The normalized spacial score (nSPS) is 13.3. The molecule has 0 bridgehead atoms. The summed E-state index contributed by atoms with van der Waals surface area (Å²) in [5.41, 5.74) is 5.38. The number of pyridine rings is 1. The van der Waals surface area contributed by atoms with Crippen molar-refractivity contribution in [1.29, 1.82) is 0 Å². The molecule has 2 aromatic heterocycles. The molecule has 0 aliphatic heterocycles. The minimum atomic E-state index is -0.0908. The largest absolute Gasteiger partial charge is 0.489 e. The van der Waals surface area contributed by atoms with E-state index in [9.17, 15) is 4.79 Å². The van der Waals surface area contributed by atoms with E-state index >= 15 is 0 Å². The molecule has 0 unspecified atom stereocenters. The second kappa shape index (κ2) is 8.46.